The van der Waals surface area contributed by atoms with Crippen molar-refractivity contribution in [3.05, 3.63) is 29.8 Å². The van der Waals surface area contributed by atoms with Crippen molar-refractivity contribution in [1.82, 2.24) is 0 Å². The summed E-state index contributed by atoms with van der Waals surface area (Å²) in [6, 6.07) is 4.54. The second-order valence-corrected chi connectivity index (χ2v) is 7.40. The molecule has 3 aliphatic heterocycles. The number of nitrogens with zero attached hydrogens (tertiary/aromatic N) is 1. The summed E-state index contributed by atoms with van der Waals surface area (Å²) in [6.45, 7) is 3.72. The van der Waals surface area contributed by atoms with Gasteiger partial charge in [-0.2, -0.15) is 13.2 Å². The maximum absolute atomic E-state index is 13.0. The molecule has 4 nitrogen and oxygen atoms in total. The van der Waals surface area contributed by atoms with E-state index in [1.807, 2.05) is 13.8 Å². The normalized spacial score (nSPS) is 41.2. The first-order valence-corrected chi connectivity index (χ1v) is 7.95. The highest BCUT2D eigenvalue weighted by molar-refractivity contribution is 5.99. The first kappa shape index (κ1) is 15.9. The lowest BCUT2D eigenvalue weighted by Crippen LogP contribution is -2.43. The van der Waals surface area contributed by atoms with E-state index >= 15 is 0 Å². The fourth-order valence-corrected chi connectivity index (χ4v) is 4.77. The zero-order valence-electron chi connectivity index (χ0n) is 13.3. The minimum absolute atomic E-state index is 0.0725. The van der Waals surface area contributed by atoms with Gasteiger partial charge in [0.15, 0.2) is 0 Å². The van der Waals surface area contributed by atoms with Crippen LogP contribution in [0, 0.1) is 11.8 Å². The molecule has 130 valence electrons. The van der Waals surface area contributed by atoms with Crippen LogP contribution >= 0.6 is 0 Å². The third-order valence-corrected chi connectivity index (χ3v) is 5.85. The summed E-state index contributed by atoms with van der Waals surface area (Å²) in [7, 11) is 0. The summed E-state index contributed by atoms with van der Waals surface area (Å²) < 4.78 is 44.9. The summed E-state index contributed by atoms with van der Waals surface area (Å²) >= 11 is 0. The number of amides is 1. The van der Waals surface area contributed by atoms with Gasteiger partial charge in [-0.3, -0.25) is 9.69 Å². The monoisotopic (exact) mass is 341 g/mol. The predicted molar refractivity (Wildman–Crippen MR) is 79.0 cm³/mol. The van der Waals surface area contributed by atoms with E-state index in [9.17, 15) is 23.1 Å². The Labute approximate surface area is 137 Å². The van der Waals surface area contributed by atoms with Crippen LogP contribution in [0.2, 0.25) is 0 Å². The van der Waals surface area contributed by atoms with Crippen molar-refractivity contribution < 1.29 is 27.8 Å². The standard InChI is InChI=1S/C17H18F3NO3/c1-15-6-7-16(2,24-15)12-11(15)13(22)21(14(12)23)10-5-3-4-9(8-10)17(18,19)20/h3-5,8,11-13,22H,6-7H2,1-2H3/t11-,12+,13?,15+,16?/m1/s1. The zero-order chi connectivity index (χ0) is 17.5. The zero-order valence-corrected chi connectivity index (χ0v) is 13.3. The molecule has 0 radical (unpaired) electrons. The molecule has 24 heavy (non-hydrogen) atoms. The predicted octanol–water partition coefficient (Wildman–Crippen LogP) is 2.94. The van der Waals surface area contributed by atoms with Gasteiger partial charge in [-0.05, 0) is 44.9 Å². The Morgan fingerprint density at radius 2 is 1.92 bits per heavy atom. The number of halogens is 3. The van der Waals surface area contributed by atoms with Crippen molar-refractivity contribution in [2.24, 2.45) is 11.8 Å². The summed E-state index contributed by atoms with van der Waals surface area (Å²) in [5.74, 6) is -1.32. The molecule has 0 aromatic heterocycles. The molecular weight excluding hydrogens is 323 g/mol. The number of hydrogen-bond donors (Lipinski definition) is 1. The number of anilines is 1. The van der Waals surface area contributed by atoms with Crippen molar-refractivity contribution in [3.8, 4) is 0 Å². The van der Waals surface area contributed by atoms with Crippen LogP contribution in [-0.2, 0) is 15.7 Å². The van der Waals surface area contributed by atoms with Crippen LogP contribution in [-0.4, -0.2) is 28.4 Å². The highest BCUT2D eigenvalue weighted by atomic mass is 19.4. The van der Waals surface area contributed by atoms with Crippen molar-refractivity contribution in [2.45, 2.75) is 50.3 Å². The maximum Gasteiger partial charge on any atom is 0.416 e. The number of aliphatic hydroxyl groups excluding tert-OH is 1. The van der Waals surface area contributed by atoms with Gasteiger partial charge < -0.3 is 9.84 Å². The van der Waals surface area contributed by atoms with E-state index in [1.165, 1.54) is 12.1 Å². The Kier molecular flexibility index (Phi) is 2.99. The second-order valence-electron chi connectivity index (χ2n) is 7.40. The SMILES string of the molecule is CC12CC[C@](C)(O1)[C@H]1C(O)N(c3cccc(C(F)(F)F)c3)C(=O)[C@H]12. The lowest BCUT2D eigenvalue weighted by Gasteiger charge is -2.32. The molecule has 0 saturated carbocycles. The number of ether oxygens (including phenoxy) is 1. The molecular formula is C17H18F3NO3. The molecule has 7 heteroatoms. The molecule has 5 atom stereocenters. The topological polar surface area (TPSA) is 49.8 Å². The number of aliphatic hydroxyl groups is 1. The largest absolute Gasteiger partial charge is 0.416 e. The average Bonchev–Trinajstić information content (AvgIpc) is 3.03. The van der Waals surface area contributed by atoms with E-state index in [4.69, 9.17) is 4.74 Å². The number of fused-ring (bicyclic) bond motifs is 5. The minimum Gasteiger partial charge on any atom is -0.373 e. The third-order valence-electron chi connectivity index (χ3n) is 5.85. The fraction of sp³-hybridized carbons (Fsp3) is 0.588. The lowest BCUT2D eigenvalue weighted by molar-refractivity contribution is -0.137. The Morgan fingerprint density at radius 1 is 1.25 bits per heavy atom. The van der Waals surface area contributed by atoms with Gasteiger partial charge in [-0.25, -0.2) is 0 Å². The number of benzene rings is 1. The van der Waals surface area contributed by atoms with E-state index in [0.717, 1.165) is 23.5 Å². The molecule has 1 aromatic rings. The number of carbonyl (C=O) groups excluding carboxylic acids is 1. The fourth-order valence-electron chi connectivity index (χ4n) is 4.77. The highest BCUT2D eigenvalue weighted by Crippen LogP contribution is 2.62. The van der Waals surface area contributed by atoms with Crippen molar-refractivity contribution >= 4 is 11.6 Å². The van der Waals surface area contributed by atoms with Gasteiger partial charge >= 0.3 is 6.18 Å². The van der Waals surface area contributed by atoms with E-state index in [1.54, 1.807) is 0 Å². The molecule has 0 aliphatic carbocycles. The molecule has 3 saturated heterocycles. The van der Waals surface area contributed by atoms with E-state index in [0.29, 0.717) is 6.42 Å². The molecule has 1 aromatic carbocycles. The summed E-state index contributed by atoms with van der Waals surface area (Å²) in [5.41, 5.74) is -2.05. The quantitative estimate of drug-likeness (QED) is 0.854. The first-order chi connectivity index (χ1) is 11.1. The van der Waals surface area contributed by atoms with E-state index < -0.39 is 41.0 Å². The van der Waals surface area contributed by atoms with Crippen LogP contribution in [0.15, 0.2) is 24.3 Å². The smallest absolute Gasteiger partial charge is 0.373 e. The number of hydrogen-bond acceptors (Lipinski definition) is 3. The van der Waals surface area contributed by atoms with Crippen molar-refractivity contribution in [3.63, 3.8) is 0 Å². The summed E-state index contributed by atoms with van der Waals surface area (Å²) in [6.07, 6.45) is -4.25. The number of rotatable bonds is 1. The molecule has 1 N–H and O–H groups in total. The van der Waals surface area contributed by atoms with Gasteiger partial charge in [-0.1, -0.05) is 6.07 Å². The van der Waals surface area contributed by atoms with Gasteiger partial charge in [0.05, 0.1) is 22.7 Å². The molecule has 3 heterocycles. The molecule has 2 bridgehead atoms. The number of alkyl halides is 3. The summed E-state index contributed by atoms with van der Waals surface area (Å²) in [5, 5.41) is 10.7. The van der Waals surface area contributed by atoms with E-state index in [-0.39, 0.29) is 11.6 Å². The van der Waals surface area contributed by atoms with Crippen LogP contribution < -0.4 is 4.90 Å². The Morgan fingerprint density at radius 3 is 2.54 bits per heavy atom. The van der Waals surface area contributed by atoms with Crippen LogP contribution in [0.25, 0.3) is 0 Å². The Hall–Kier alpha value is -1.60. The van der Waals surface area contributed by atoms with Gasteiger partial charge in [-0.15, -0.1) is 0 Å². The molecule has 3 aliphatic rings. The average molecular weight is 341 g/mol. The van der Waals surface area contributed by atoms with Crippen LogP contribution in [0.1, 0.15) is 32.3 Å². The van der Waals surface area contributed by atoms with Gasteiger partial charge in [0.25, 0.3) is 0 Å². The second kappa shape index (κ2) is 4.52. The van der Waals surface area contributed by atoms with Gasteiger partial charge in [0, 0.05) is 11.6 Å². The molecule has 4 rings (SSSR count). The Bertz CT molecular complexity index is 721. The maximum atomic E-state index is 13.0. The summed E-state index contributed by atoms with van der Waals surface area (Å²) in [4.78, 5) is 14.0. The van der Waals surface area contributed by atoms with Crippen LogP contribution in [0.3, 0.4) is 0 Å². The number of carbonyl (C=O) groups is 1. The minimum atomic E-state index is -4.50. The van der Waals surface area contributed by atoms with Gasteiger partial charge in [0.1, 0.15) is 6.23 Å². The highest BCUT2D eigenvalue weighted by Gasteiger charge is 2.72. The molecule has 2 unspecified atom stereocenters. The first-order valence-electron chi connectivity index (χ1n) is 7.95. The van der Waals surface area contributed by atoms with Crippen LogP contribution in [0.4, 0.5) is 18.9 Å². The van der Waals surface area contributed by atoms with Gasteiger partial charge in [0.2, 0.25) is 5.91 Å². The Balaban J connectivity index is 1.76. The van der Waals surface area contributed by atoms with E-state index in [2.05, 4.69) is 0 Å². The molecule has 0 spiro atoms. The van der Waals surface area contributed by atoms with Crippen molar-refractivity contribution in [2.75, 3.05) is 4.90 Å². The third kappa shape index (κ3) is 1.91. The lowest BCUT2D eigenvalue weighted by atomic mass is 9.69. The molecule has 1 amide bonds. The van der Waals surface area contributed by atoms with Crippen LogP contribution in [0.5, 0.6) is 0 Å². The van der Waals surface area contributed by atoms with Crippen molar-refractivity contribution in [1.29, 1.82) is 0 Å². The molecule has 3 fully saturated rings.